The second kappa shape index (κ2) is 6.47. The Morgan fingerprint density at radius 2 is 2.00 bits per heavy atom. The second-order valence-electron chi connectivity index (χ2n) is 5.49. The molecule has 21 heavy (non-hydrogen) atoms. The van der Waals surface area contributed by atoms with Crippen molar-refractivity contribution in [2.75, 3.05) is 38.2 Å². The van der Waals surface area contributed by atoms with Crippen LogP contribution in [0.3, 0.4) is 0 Å². The quantitative estimate of drug-likeness (QED) is 0.537. The number of anilines is 2. The molecule has 0 aliphatic heterocycles. The molecule has 6 nitrogen and oxygen atoms in total. The van der Waals surface area contributed by atoms with Gasteiger partial charge in [0.05, 0.1) is 11.4 Å². The fourth-order valence-electron chi connectivity index (χ4n) is 1.97. The van der Waals surface area contributed by atoms with Crippen LogP contribution in [0.15, 0.2) is 18.2 Å². The van der Waals surface area contributed by atoms with Gasteiger partial charge < -0.3 is 21.3 Å². The van der Waals surface area contributed by atoms with Crippen molar-refractivity contribution in [2.45, 2.75) is 12.8 Å². The number of nitrogens with two attached hydrogens (primary N) is 1. The van der Waals surface area contributed by atoms with Crippen LogP contribution in [0.1, 0.15) is 23.2 Å². The van der Waals surface area contributed by atoms with Crippen molar-refractivity contribution in [3.05, 3.63) is 23.8 Å². The van der Waals surface area contributed by atoms with Crippen molar-refractivity contribution >= 4 is 23.2 Å². The van der Waals surface area contributed by atoms with E-state index in [1.807, 2.05) is 0 Å². The van der Waals surface area contributed by atoms with E-state index < -0.39 is 0 Å². The molecule has 4 N–H and O–H groups in total. The third-order valence-electron chi connectivity index (χ3n) is 3.39. The lowest BCUT2D eigenvalue weighted by molar-refractivity contribution is -0.122. The van der Waals surface area contributed by atoms with Crippen LogP contribution in [-0.4, -0.2) is 43.9 Å². The zero-order chi connectivity index (χ0) is 15.4. The molecule has 2 amide bonds. The Morgan fingerprint density at radius 1 is 1.29 bits per heavy atom. The molecule has 114 valence electrons. The number of nitrogens with zero attached hydrogens (tertiary/aromatic N) is 1. The molecule has 1 saturated carbocycles. The van der Waals surface area contributed by atoms with Crippen molar-refractivity contribution in [2.24, 2.45) is 5.92 Å². The highest BCUT2D eigenvalue weighted by atomic mass is 16.2. The van der Waals surface area contributed by atoms with Gasteiger partial charge in [0.2, 0.25) is 5.91 Å². The molecule has 1 aliphatic rings. The largest absolute Gasteiger partial charge is 0.397 e. The monoisotopic (exact) mass is 290 g/mol. The highest BCUT2D eigenvalue weighted by Crippen LogP contribution is 2.28. The number of amides is 2. The summed E-state index contributed by atoms with van der Waals surface area (Å²) in [5.41, 5.74) is 7.77. The number of carbonyl (C=O) groups is 2. The molecule has 0 unspecified atom stereocenters. The Hall–Kier alpha value is -2.24. The number of benzene rings is 1. The number of hydrogen-bond acceptors (Lipinski definition) is 4. The van der Waals surface area contributed by atoms with Crippen LogP contribution < -0.4 is 16.4 Å². The van der Waals surface area contributed by atoms with Crippen LogP contribution in [-0.2, 0) is 4.79 Å². The van der Waals surface area contributed by atoms with Gasteiger partial charge >= 0.3 is 0 Å². The number of nitrogens with one attached hydrogen (secondary N) is 2. The minimum absolute atomic E-state index is 0.0694. The third-order valence-corrected chi connectivity index (χ3v) is 3.39. The molecule has 1 fully saturated rings. The summed E-state index contributed by atoms with van der Waals surface area (Å²) < 4.78 is 0. The molecule has 0 atom stereocenters. The van der Waals surface area contributed by atoms with Gasteiger partial charge in [0.1, 0.15) is 0 Å². The lowest BCUT2D eigenvalue weighted by Gasteiger charge is -2.14. The zero-order valence-corrected chi connectivity index (χ0v) is 12.5. The lowest BCUT2D eigenvalue weighted by Crippen LogP contribution is -2.30. The van der Waals surface area contributed by atoms with E-state index >= 15 is 0 Å². The third kappa shape index (κ3) is 4.11. The Morgan fingerprint density at radius 3 is 2.62 bits per heavy atom. The van der Waals surface area contributed by atoms with E-state index in [0.717, 1.165) is 12.8 Å². The van der Waals surface area contributed by atoms with Gasteiger partial charge in [0.15, 0.2) is 0 Å². The molecule has 0 aromatic heterocycles. The molecular weight excluding hydrogens is 268 g/mol. The summed E-state index contributed by atoms with van der Waals surface area (Å²) >= 11 is 0. The number of nitrogen functional groups attached to an aromatic ring is 1. The molecule has 1 aromatic carbocycles. The summed E-state index contributed by atoms with van der Waals surface area (Å²) in [7, 11) is 3.42. The summed E-state index contributed by atoms with van der Waals surface area (Å²) in [5, 5.41) is 6.02. The van der Waals surface area contributed by atoms with Crippen LogP contribution in [0.5, 0.6) is 0 Å². The van der Waals surface area contributed by atoms with Crippen LogP contribution in [0.4, 0.5) is 11.4 Å². The van der Waals surface area contributed by atoms with Crippen LogP contribution >= 0.6 is 0 Å². The molecule has 1 aliphatic carbocycles. The number of hydrogen-bond donors (Lipinski definition) is 3. The highest BCUT2D eigenvalue weighted by molar-refractivity contribution is 5.95. The predicted octanol–water partition coefficient (Wildman–Crippen LogP) is 0.909. The van der Waals surface area contributed by atoms with E-state index in [-0.39, 0.29) is 17.7 Å². The normalized spacial score (nSPS) is 13.6. The van der Waals surface area contributed by atoms with E-state index in [9.17, 15) is 9.59 Å². The van der Waals surface area contributed by atoms with Gasteiger partial charge in [-0.25, -0.2) is 0 Å². The molecule has 0 bridgehead atoms. The Labute approximate surface area is 124 Å². The fourth-order valence-corrected chi connectivity index (χ4v) is 1.97. The van der Waals surface area contributed by atoms with E-state index in [2.05, 4.69) is 10.6 Å². The minimum Gasteiger partial charge on any atom is -0.397 e. The Balaban J connectivity index is 1.87. The van der Waals surface area contributed by atoms with Crippen LogP contribution in [0.2, 0.25) is 0 Å². The standard InChI is InChI=1S/C15H22N4O2/c1-19(2)15(21)11-5-6-12(16)13(9-11)17-7-8-18-14(20)10-3-4-10/h5-6,9-10,17H,3-4,7-8,16H2,1-2H3,(H,18,20). The maximum Gasteiger partial charge on any atom is 0.253 e. The summed E-state index contributed by atoms with van der Waals surface area (Å²) in [5.74, 6) is 0.275. The SMILES string of the molecule is CN(C)C(=O)c1ccc(N)c(NCCNC(=O)C2CC2)c1. The Bertz CT molecular complexity index is 538. The molecular formula is C15H22N4O2. The maximum absolute atomic E-state index is 11.9. The molecule has 0 saturated heterocycles. The Kier molecular flexibility index (Phi) is 4.67. The smallest absolute Gasteiger partial charge is 0.253 e. The van der Waals surface area contributed by atoms with Crippen molar-refractivity contribution in [3.8, 4) is 0 Å². The molecule has 1 aromatic rings. The fraction of sp³-hybridized carbons (Fsp3) is 0.467. The van der Waals surface area contributed by atoms with Gasteiger partial charge in [0.25, 0.3) is 5.91 Å². The van der Waals surface area contributed by atoms with Gasteiger partial charge in [0, 0.05) is 38.7 Å². The summed E-state index contributed by atoms with van der Waals surface area (Å²) in [6.45, 7) is 1.11. The van der Waals surface area contributed by atoms with E-state index in [4.69, 9.17) is 5.73 Å². The average molecular weight is 290 g/mol. The first-order valence-corrected chi connectivity index (χ1v) is 7.12. The van der Waals surface area contributed by atoms with Crippen molar-refractivity contribution in [1.82, 2.24) is 10.2 Å². The topological polar surface area (TPSA) is 87.5 Å². The summed E-state index contributed by atoms with van der Waals surface area (Å²) in [4.78, 5) is 24.9. The average Bonchev–Trinajstić information content (AvgIpc) is 3.28. The van der Waals surface area contributed by atoms with E-state index in [0.29, 0.717) is 30.0 Å². The molecule has 0 radical (unpaired) electrons. The first-order valence-electron chi connectivity index (χ1n) is 7.12. The highest BCUT2D eigenvalue weighted by Gasteiger charge is 2.28. The van der Waals surface area contributed by atoms with Crippen molar-refractivity contribution in [3.63, 3.8) is 0 Å². The first-order chi connectivity index (χ1) is 9.99. The van der Waals surface area contributed by atoms with E-state index in [1.54, 1.807) is 32.3 Å². The van der Waals surface area contributed by atoms with E-state index in [1.165, 1.54) is 4.90 Å². The molecule has 2 rings (SSSR count). The van der Waals surface area contributed by atoms with Gasteiger partial charge in [-0.15, -0.1) is 0 Å². The predicted molar refractivity (Wildman–Crippen MR) is 83.1 cm³/mol. The number of carbonyl (C=O) groups excluding carboxylic acids is 2. The second-order valence-corrected chi connectivity index (χ2v) is 5.49. The summed E-state index contributed by atoms with van der Waals surface area (Å²) in [6, 6.07) is 5.15. The minimum atomic E-state index is -0.0694. The summed E-state index contributed by atoms with van der Waals surface area (Å²) in [6.07, 6.45) is 2.00. The van der Waals surface area contributed by atoms with Gasteiger partial charge in [-0.05, 0) is 31.0 Å². The molecule has 6 heteroatoms. The first kappa shape index (κ1) is 15.2. The maximum atomic E-state index is 11.9. The van der Waals surface area contributed by atoms with Crippen molar-refractivity contribution in [1.29, 1.82) is 0 Å². The van der Waals surface area contributed by atoms with Gasteiger partial charge in [-0.1, -0.05) is 0 Å². The van der Waals surface area contributed by atoms with Gasteiger partial charge in [-0.3, -0.25) is 9.59 Å². The molecule has 0 spiro atoms. The molecule has 0 heterocycles. The zero-order valence-electron chi connectivity index (χ0n) is 12.5. The lowest BCUT2D eigenvalue weighted by atomic mass is 10.1. The van der Waals surface area contributed by atoms with Crippen LogP contribution in [0, 0.1) is 5.92 Å². The van der Waals surface area contributed by atoms with Gasteiger partial charge in [-0.2, -0.15) is 0 Å². The van der Waals surface area contributed by atoms with Crippen molar-refractivity contribution < 1.29 is 9.59 Å². The number of rotatable bonds is 6. The van der Waals surface area contributed by atoms with Crippen LogP contribution in [0.25, 0.3) is 0 Å².